The summed E-state index contributed by atoms with van der Waals surface area (Å²) in [5, 5.41) is 4.20. The summed E-state index contributed by atoms with van der Waals surface area (Å²) in [6.45, 7) is 4.85. The van der Waals surface area contributed by atoms with Crippen LogP contribution in [0, 0.1) is 5.82 Å². The molecular weight excluding hydrogens is 296 g/mol. The molecule has 0 aliphatic carbocycles. The first kappa shape index (κ1) is 15.3. The molecule has 0 saturated carbocycles. The first-order valence-electron chi connectivity index (χ1n) is 6.44. The van der Waals surface area contributed by atoms with Gasteiger partial charge in [-0.2, -0.15) is 0 Å². The lowest BCUT2D eigenvalue weighted by molar-refractivity contribution is 0.586. The van der Waals surface area contributed by atoms with Gasteiger partial charge in [-0.1, -0.05) is 49.2 Å². The molecule has 2 aromatic carbocycles. The van der Waals surface area contributed by atoms with Gasteiger partial charge in [0.1, 0.15) is 5.82 Å². The van der Waals surface area contributed by atoms with Gasteiger partial charge in [0.15, 0.2) is 0 Å². The summed E-state index contributed by atoms with van der Waals surface area (Å²) < 4.78 is 14.0. The SMILES string of the molecule is CC(C)NCc1ccc(F)c(-c2ccc(Cl)c(Cl)c2)c1. The van der Waals surface area contributed by atoms with Crippen LogP contribution >= 0.6 is 23.2 Å². The predicted molar refractivity (Wildman–Crippen MR) is 83.8 cm³/mol. The van der Waals surface area contributed by atoms with Crippen molar-refractivity contribution in [2.24, 2.45) is 0 Å². The highest BCUT2D eigenvalue weighted by molar-refractivity contribution is 6.42. The summed E-state index contributed by atoms with van der Waals surface area (Å²) in [6, 6.07) is 10.6. The zero-order valence-corrected chi connectivity index (χ0v) is 12.9. The summed E-state index contributed by atoms with van der Waals surface area (Å²) in [5.41, 5.74) is 2.29. The van der Waals surface area contributed by atoms with Crippen LogP contribution in [0.5, 0.6) is 0 Å². The van der Waals surface area contributed by atoms with E-state index in [9.17, 15) is 4.39 Å². The Morgan fingerprint density at radius 2 is 1.80 bits per heavy atom. The summed E-state index contributed by atoms with van der Waals surface area (Å²) >= 11 is 11.9. The quantitative estimate of drug-likeness (QED) is 0.808. The molecule has 0 aliphatic heterocycles. The average molecular weight is 312 g/mol. The molecule has 1 N–H and O–H groups in total. The van der Waals surface area contributed by atoms with E-state index in [0.717, 1.165) is 11.1 Å². The largest absolute Gasteiger partial charge is 0.310 e. The number of benzene rings is 2. The normalized spacial score (nSPS) is 11.1. The van der Waals surface area contributed by atoms with Crippen LogP contribution in [-0.2, 0) is 6.54 Å². The first-order valence-corrected chi connectivity index (χ1v) is 7.20. The number of hydrogen-bond acceptors (Lipinski definition) is 1. The molecule has 0 atom stereocenters. The molecule has 0 spiro atoms. The van der Waals surface area contributed by atoms with Gasteiger partial charge in [0.2, 0.25) is 0 Å². The van der Waals surface area contributed by atoms with Crippen molar-refractivity contribution in [3.63, 3.8) is 0 Å². The third-order valence-electron chi connectivity index (χ3n) is 2.98. The molecule has 106 valence electrons. The average Bonchev–Trinajstić information content (AvgIpc) is 2.41. The molecule has 0 aromatic heterocycles. The minimum Gasteiger partial charge on any atom is -0.310 e. The minimum atomic E-state index is -0.267. The van der Waals surface area contributed by atoms with Gasteiger partial charge in [-0.25, -0.2) is 4.39 Å². The lowest BCUT2D eigenvalue weighted by atomic mass is 10.0. The van der Waals surface area contributed by atoms with Crippen LogP contribution in [0.4, 0.5) is 4.39 Å². The Labute approximate surface area is 128 Å². The third kappa shape index (κ3) is 3.72. The van der Waals surface area contributed by atoms with Crippen molar-refractivity contribution in [3.8, 4) is 11.1 Å². The van der Waals surface area contributed by atoms with Crippen molar-refractivity contribution in [2.75, 3.05) is 0 Å². The van der Waals surface area contributed by atoms with Crippen molar-refractivity contribution in [1.29, 1.82) is 0 Å². The molecule has 2 rings (SSSR count). The van der Waals surface area contributed by atoms with Crippen molar-refractivity contribution in [1.82, 2.24) is 5.32 Å². The second-order valence-electron chi connectivity index (χ2n) is 4.98. The molecule has 0 amide bonds. The monoisotopic (exact) mass is 311 g/mol. The lowest BCUT2D eigenvalue weighted by Crippen LogP contribution is -2.21. The van der Waals surface area contributed by atoms with Crippen LogP contribution < -0.4 is 5.32 Å². The van der Waals surface area contributed by atoms with Crippen molar-refractivity contribution >= 4 is 23.2 Å². The van der Waals surface area contributed by atoms with E-state index in [0.29, 0.717) is 28.2 Å². The van der Waals surface area contributed by atoms with E-state index in [1.54, 1.807) is 24.3 Å². The molecule has 1 nitrogen and oxygen atoms in total. The van der Waals surface area contributed by atoms with Gasteiger partial charge < -0.3 is 5.32 Å². The molecule has 0 radical (unpaired) electrons. The van der Waals surface area contributed by atoms with Gasteiger partial charge in [-0.3, -0.25) is 0 Å². The Bertz CT molecular complexity index is 611. The maximum absolute atomic E-state index is 14.0. The van der Waals surface area contributed by atoms with Crippen LogP contribution in [0.15, 0.2) is 36.4 Å². The van der Waals surface area contributed by atoms with Gasteiger partial charge in [0.05, 0.1) is 10.0 Å². The maximum atomic E-state index is 14.0. The molecule has 0 heterocycles. The minimum absolute atomic E-state index is 0.267. The zero-order chi connectivity index (χ0) is 14.7. The Morgan fingerprint density at radius 1 is 1.05 bits per heavy atom. The fourth-order valence-electron chi connectivity index (χ4n) is 1.89. The summed E-state index contributed by atoms with van der Waals surface area (Å²) in [5.74, 6) is -0.267. The predicted octanol–water partition coefficient (Wildman–Crippen LogP) is 5.30. The third-order valence-corrected chi connectivity index (χ3v) is 3.71. The highest BCUT2D eigenvalue weighted by Gasteiger charge is 2.08. The van der Waals surface area contributed by atoms with E-state index in [-0.39, 0.29) is 5.82 Å². The van der Waals surface area contributed by atoms with Crippen LogP contribution in [0.25, 0.3) is 11.1 Å². The molecule has 4 heteroatoms. The molecular formula is C16H16Cl2FN. The van der Waals surface area contributed by atoms with Crippen LogP contribution in [0.1, 0.15) is 19.4 Å². The van der Waals surface area contributed by atoms with Crippen LogP contribution in [0.2, 0.25) is 10.0 Å². The number of hydrogen-bond donors (Lipinski definition) is 1. The van der Waals surface area contributed by atoms with E-state index >= 15 is 0 Å². The highest BCUT2D eigenvalue weighted by Crippen LogP contribution is 2.30. The second-order valence-corrected chi connectivity index (χ2v) is 5.79. The molecule has 0 unspecified atom stereocenters. The summed E-state index contributed by atoms with van der Waals surface area (Å²) in [4.78, 5) is 0. The molecule has 0 aliphatic rings. The first-order chi connectivity index (χ1) is 9.47. The standard InChI is InChI=1S/C16H16Cl2FN/c1-10(2)20-9-11-3-6-16(19)13(7-11)12-4-5-14(17)15(18)8-12/h3-8,10,20H,9H2,1-2H3. The molecule has 2 aromatic rings. The maximum Gasteiger partial charge on any atom is 0.131 e. The smallest absolute Gasteiger partial charge is 0.131 e. The number of nitrogens with one attached hydrogen (secondary N) is 1. The van der Waals surface area contributed by atoms with Crippen molar-refractivity contribution < 1.29 is 4.39 Å². The van der Waals surface area contributed by atoms with E-state index < -0.39 is 0 Å². The highest BCUT2D eigenvalue weighted by atomic mass is 35.5. The number of halogens is 3. The van der Waals surface area contributed by atoms with Crippen LogP contribution in [0.3, 0.4) is 0 Å². The molecule has 0 bridgehead atoms. The fraction of sp³-hybridized carbons (Fsp3) is 0.250. The Kier molecular flexibility index (Phi) is 5.03. The summed E-state index contributed by atoms with van der Waals surface area (Å²) in [6.07, 6.45) is 0. The van der Waals surface area contributed by atoms with Crippen molar-refractivity contribution in [2.45, 2.75) is 26.4 Å². The fourth-order valence-corrected chi connectivity index (χ4v) is 2.19. The van der Waals surface area contributed by atoms with Crippen molar-refractivity contribution in [3.05, 3.63) is 57.8 Å². The summed E-state index contributed by atoms with van der Waals surface area (Å²) in [7, 11) is 0. The Balaban J connectivity index is 2.34. The van der Waals surface area contributed by atoms with E-state index in [1.807, 2.05) is 6.07 Å². The van der Waals surface area contributed by atoms with Gasteiger partial charge >= 0.3 is 0 Å². The second kappa shape index (κ2) is 6.57. The van der Waals surface area contributed by atoms with Gasteiger partial charge in [-0.05, 0) is 35.4 Å². The van der Waals surface area contributed by atoms with Gasteiger partial charge in [0.25, 0.3) is 0 Å². The van der Waals surface area contributed by atoms with E-state index in [4.69, 9.17) is 23.2 Å². The molecule has 0 saturated heterocycles. The topological polar surface area (TPSA) is 12.0 Å². The van der Waals surface area contributed by atoms with Gasteiger partial charge in [-0.15, -0.1) is 0 Å². The Hall–Kier alpha value is -1.09. The lowest BCUT2D eigenvalue weighted by Gasteiger charge is -2.11. The van der Waals surface area contributed by atoms with E-state index in [1.165, 1.54) is 6.07 Å². The Morgan fingerprint density at radius 3 is 2.45 bits per heavy atom. The van der Waals surface area contributed by atoms with Crippen LogP contribution in [-0.4, -0.2) is 6.04 Å². The number of rotatable bonds is 4. The van der Waals surface area contributed by atoms with Gasteiger partial charge in [0, 0.05) is 18.2 Å². The molecule has 0 fully saturated rings. The zero-order valence-electron chi connectivity index (χ0n) is 11.4. The van der Waals surface area contributed by atoms with E-state index in [2.05, 4.69) is 19.2 Å². The molecule has 20 heavy (non-hydrogen) atoms.